The van der Waals surface area contributed by atoms with E-state index in [9.17, 15) is 8.42 Å². The van der Waals surface area contributed by atoms with Crippen LogP contribution in [0.5, 0.6) is 5.75 Å². The number of aryl methyl sites for hydroxylation is 2. The molecule has 0 bridgehead atoms. The summed E-state index contributed by atoms with van der Waals surface area (Å²) in [5, 5.41) is 0. The van der Waals surface area contributed by atoms with Gasteiger partial charge in [0.05, 0.1) is 12.0 Å². The van der Waals surface area contributed by atoms with Gasteiger partial charge in [-0.15, -0.1) is 0 Å². The third-order valence-corrected chi connectivity index (χ3v) is 6.85. The summed E-state index contributed by atoms with van der Waals surface area (Å²) >= 11 is 0. The van der Waals surface area contributed by atoms with E-state index in [1.807, 2.05) is 0 Å². The smallest absolute Gasteiger partial charge is 0.240 e. The quantitative estimate of drug-likeness (QED) is 0.732. The second-order valence-corrected chi connectivity index (χ2v) is 9.07. The number of hydrogen-bond donors (Lipinski definition) is 1. The lowest BCUT2D eigenvalue weighted by Crippen LogP contribution is -2.30. The lowest BCUT2D eigenvalue weighted by molar-refractivity contribution is 0.414. The predicted molar refractivity (Wildman–Crippen MR) is 114 cm³/mol. The summed E-state index contributed by atoms with van der Waals surface area (Å²) in [6.07, 6.45) is 4.10. The van der Waals surface area contributed by atoms with Crippen molar-refractivity contribution in [1.82, 2.24) is 4.72 Å². The Bertz CT molecular complexity index is 925. The van der Waals surface area contributed by atoms with Gasteiger partial charge in [-0.2, -0.15) is 0 Å². The Labute approximate surface area is 168 Å². The number of nitrogens with one attached hydrogen (secondary N) is 1. The van der Waals surface area contributed by atoms with Gasteiger partial charge >= 0.3 is 0 Å². The average Bonchev–Trinajstić information content (AvgIpc) is 2.67. The van der Waals surface area contributed by atoms with Gasteiger partial charge in [-0.05, 0) is 73.6 Å². The molecule has 2 aromatic rings. The molecule has 1 N–H and O–H groups in total. The third-order valence-electron chi connectivity index (χ3n) is 5.23. The standard InChI is InChI=1S/C22H30N2O3S/c1-4-13-24-14-5-6-19-16-18(7-9-21(19)24)11-12-23-28(25,26)22-10-8-20(27-3)15-17(22)2/h7-10,15-16,23H,4-6,11-14H2,1-3H3. The largest absolute Gasteiger partial charge is 0.497 e. The van der Waals surface area contributed by atoms with Crippen LogP contribution in [0.3, 0.4) is 0 Å². The molecule has 1 aliphatic rings. The number of sulfonamides is 1. The molecule has 0 fully saturated rings. The fourth-order valence-electron chi connectivity index (χ4n) is 3.84. The molecule has 0 aromatic heterocycles. The summed E-state index contributed by atoms with van der Waals surface area (Å²) in [5.74, 6) is 0.655. The van der Waals surface area contributed by atoms with Crippen LogP contribution in [-0.2, 0) is 22.9 Å². The van der Waals surface area contributed by atoms with E-state index in [0.717, 1.165) is 25.9 Å². The molecule has 28 heavy (non-hydrogen) atoms. The van der Waals surface area contributed by atoms with Gasteiger partial charge in [0.1, 0.15) is 5.75 Å². The third kappa shape index (κ3) is 4.67. The second kappa shape index (κ2) is 8.97. The van der Waals surface area contributed by atoms with Crippen molar-refractivity contribution >= 4 is 15.7 Å². The van der Waals surface area contributed by atoms with Crippen LogP contribution in [0.1, 0.15) is 36.5 Å². The van der Waals surface area contributed by atoms with Gasteiger partial charge in [0.25, 0.3) is 0 Å². The topological polar surface area (TPSA) is 58.6 Å². The summed E-state index contributed by atoms with van der Waals surface area (Å²) in [5.41, 5.74) is 4.57. The maximum atomic E-state index is 12.6. The average molecular weight is 403 g/mol. The van der Waals surface area contributed by atoms with Crippen molar-refractivity contribution in [2.24, 2.45) is 0 Å². The SMILES string of the molecule is CCCN1CCCc2cc(CCNS(=O)(=O)c3ccc(OC)cc3C)ccc21. The van der Waals surface area contributed by atoms with Crippen molar-refractivity contribution in [1.29, 1.82) is 0 Å². The van der Waals surface area contributed by atoms with Crippen molar-refractivity contribution < 1.29 is 13.2 Å². The van der Waals surface area contributed by atoms with Gasteiger partial charge in [0.15, 0.2) is 0 Å². The van der Waals surface area contributed by atoms with Crippen molar-refractivity contribution in [2.45, 2.75) is 44.4 Å². The van der Waals surface area contributed by atoms with E-state index >= 15 is 0 Å². The van der Waals surface area contributed by atoms with Crippen molar-refractivity contribution in [3.05, 3.63) is 53.1 Å². The van der Waals surface area contributed by atoms with Crippen molar-refractivity contribution in [3.63, 3.8) is 0 Å². The van der Waals surface area contributed by atoms with Crippen LogP contribution in [0, 0.1) is 6.92 Å². The van der Waals surface area contributed by atoms with Gasteiger partial charge in [-0.25, -0.2) is 13.1 Å². The number of fused-ring (bicyclic) bond motifs is 1. The van der Waals surface area contributed by atoms with Crippen LogP contribution in [0.15, 0.2) is 41.3 Å². The van der Waals surface area contributed by atoms with Gasteiger partial charge in [0.2, 0.25) is 10.0 Å². The van der Waals surface area contributed by atoms with E-state index in [-0.39, 0.29) is 0 Å². The monoisotopic (exact) mass is 402 g/mol. The van der Waals surface area contributed by atoms with Crippen molar-refractivity contribution in [3.8, 4) is 5.75 Å². The molecular weight excluding hydrogens is 372 g/mol. The van der Waals surface area contributed by atoms with Crippen LogP contribution in [0.2, 0.25) is 0 Å². The Morgan fingerprint density at radius 1 is 1.18 bits per heavy atom. The zero-order chi connectivity index (χ0) is 20.1. The Morgan fingerprint density at radius 3 is 2.71 bits per heavy atom. The van der Waals surface area contributed by atoms with Crippen LogP contribution in [0.4, 0.5) is 5.69 Å². The molecule has 0 saturated carbocycles. The molecule has 2 aromatic carbocycles. The van der Waals surface area contributed by atoms with E-state index in [1.54, 1.807) is 32.2 Å². The van der Waals surface area contributed by atoms with Gasteiger partial charge < -0.3 is 9.64 Å². The second-order valence-electron chi connectivity index (χ2n) is 7.33. The summed E-state index contributed by atoms with van der Waals surface area (Å²) in [7, 11) is -1.96. The molecule has 0 unspecified atom stereocenters. The minimum Gasteiger partial charge on any atom is -0.497 e. The van der Waals surface area contributed by atoms with Gasteiger partial charge in [0, 0.05) is 25.3 Å². The van der Waals surface area contributed by atoms with E-state index in [4.69, 9.17) is 4.74 Å². The Balaban J connectivity index is 1.65. The summed E-state index contributed by atoms with van der Waals surface area (Å²) in [6.45, 7) is 6.59. The molecule has 0 spiro atoms. The normalized spacial score (nSPS) is 14.0. The summed E-state index contributed by atoms with van der Waals surface area (Å²) in [6, 6.07) is 11.6. The summed E-state index contributed by atoms with van der Waals surface area (Å²) < 4.78 is 33.1. The lowest BCUT2D eigenvalue weighted by Gasteiger charge is -2.31. The number of hydrogen-bond acceptors (Lipinski definition) is 4. The highest BCUT2D eigenvalue weighted by Gasteiger charge is 2.18. The minimum atomic E-state index is -3.53. The van der Waals surface area contributed by atoms with E-state index in [2.05, 4.69) is 34.7 Å². The highest BCUT2D eigenvalue weighted by molar-refractivity contribution is 7.89. The number of ether oxygens (including phenoxy) is 1. The highest BCUT2D eigenvalue weighted by Crippen LogP contribution is 2.28. The van der Waals surface area contributed by atoms with Gasteiger partial charge in [-0.1, -0.05) is 19.1 Å². The molecule has 6 heteroatoms. The number of nitrogens with zero attached hydrogens (tertiary/aromatic N) is 1. The van der Waals surface area contributed by atoms with E-state index in [1.165, 1.54) is 23.2 Å². The van der Waals surface area contributed by atoms with E-state index in [0.29, 0.717) is 29.2 Å². The van der Waals surface area contributed by atoms with Crippen molar-refractivity contribution in [2.75, 3.05) is 31.6 Å². The molecule has 1 aliphatic heterocycles. The van der Waals surface area contributed by atoms with E-state index < -0.39 is 10.0 Å². The Kier molecular flexibility index (Phi) is 6.62. The first-order valence-corrected chi connectivity index (χ1v) is 11.4. The molecule has 5 nitrogen and oxygen atoms in total. The molecule has 1 heterocycles. The molecular formula is C22H30N2O3S. The molecule has 0 aliphatic carbocycles. The molecule has 0 radical (unpaired) electrons. The lowest BCUT2D eigenvalue weighted by atomic mass is 9.98. The van der Waals surface area contributed by atoms with Gasteiger partial charge in [-0.3, -0.25) is 0 Å². The maximum Gasteiger partial charge on any atom is 0.240 e. The first-order valence-electron chi connectivity index (χ1n) is 9.95. The number of benzene rings is 2. The highest BCUT2D eigenvalue weighted by atomic mass is 32.2. The minimum absolute atomic E-state index is 0.300. The number of anilines is 1. The van der Waals surface area contributed by atoms with Crippen LogP contribution >= 0.6 is 0 Å². The number of methoxy groups -OCH3 is 1. The fourth-order valence-corrected chi connectivity index (χ4v) is 5.10. The van der Waals surface area contributed by atoms with Crippen LogP contribution < -0.4 is 14.4 Å². The molecule has 0 atom stereocenters. The zero-order valence-corrected chi connectivity index (χ0v) is 17.8. The Morgan fingerprint density at radius 2 is 2.00 bits per heavy atom. The first kappa shape index (κ1) is 20.7. The fraction of sp³-hybridized carbons (Fsp3) is 0.455. The predicted octanol–water partition coefficient (Wildman–Crippen LogP) is 3.69. The summed E-state index contributed by atoms with van der Waals surface area (Å²) in [4.78, 5) is 2.76. The maximum absolute atomic E-state index is 12.6. The molecule has 3 rings (SSSR count). The first-order chi connectivity index (χ1) is 13.4. The molecule has 152 valence electrons. The molecule has 0 amide bonds. The van der Waals surface area contributed by atoms with Crippen LogP contribution in [-0.4, -0.2) is 35.2 Å². The zero-order valence-electron chi connectivity index (χ0n) is 17.0. The molecule has 0 saturated heterocycles. The van der Waals surface area contributed by atoms with Crippen LogP contribution in [0.25, 0.3) is 0 Å². The Hall–Kier alpha value is -2.05. The number of rotatable bonds is 8.